The Balaban J connectivity index is 1.64. The molecule has 0 radical (unpaired) electrons. The van der Waals surface area contributed by atoms with Crippen molar-refractivity contribution in [3.8, 4) is 0 Å². The highest BCUT2D eigenvalue weighted by molar-refractivity contribution is 5.78. The van der Waals surface area contributed by atoms with Gasteiger partial charge in [0, 0.05) is 18.8 Å². The summed E-state index contributed by atoms with van der Waals surface area (Å²) >= 11 is 0. The highest BCUT2D eigenvalue weighted by Crippen LogP contribution is 2.27. The fourth-order valence-corrected chi connectivity index (χ4v) is 2.04. The summed E-state index contributed by atoms with van der Waals surface area (Å²) in [6.45, 7) is 5.06. The van der Waals surface area contributed by atoms with E-state index in [4.69, 9.17) is 4.74 Å². The van der Waals surface area contributed by atoms with E-state index in [1.165, 1.54) is 12.8 Å². The molecule has 4 nitrogen and oxygen atoms in total. The van der Waals surface area contributed by atoms with Gasteiger partial charge in [-0.2, -0.15) is 0 Å². The van der Waals surface area contributed by atoms with Crippen LogP contribution in [-0.2, 0) is 9.53 Å². The van der Waals surface area contributed by atoms with Crippen LogP contribution < -0.4 is 10.6 Å². The van der Waals surface area contributed by atoms with Crippen LogP contribution in [0.2, 0.25) is 0 Å². The zero-order chi connectivity index (χ0) is 11.4. The van der Waals surface area contributed by atoms with Crippen LogP contribution in [0.25, 0.3) is 0 Å². The lowest BCUT2D eigenvalue weighted by atomic mass is 9.92. The molecular formula is C12H22N2O2. The number of hydrogen-bond acceptors (Lipinski definition) is 3. The summed E-state index contributed by atoms with van der Waals surface area (Å²) in [5, 5.41) is 6.32. The van der Waals surface area contributed by atoms with E-state index < -0.39 is 0 Å². The molecule has 2 rings (SSSR count). The quantitative estimate of drug-likeness (QED) is 0.724. The summed E-state index contributed by atoms with van der Waals surface area (Å²) in [5.74, 6) is 0.941. The van der Waals surface area contributed by atoms with Gasteiger partial charge in [-0.25, -0.2) is 0 Å². The van der Waals surface area contributed by atoms with E-state index in [-0.39, 0.29) is 11.4 Å². The molecule has 1 saturated heterocycles. The average Bonchev–Trinajstić information content (AvgIpc) is 3.02. The van der Waals surface area contributed by atoms with Gasteiger partial charge >= 0.3 is 0 Å². The number of amides is 1. The highest BCUT2D eigenvalue weighted by atomic mass is 16.5. The molecule has 2 fully saturated rings. The fraction of sp³-hybridized carbons (Fsp3) is 0.917. The second-order valence-corrected chi connectivity index (χ2v) is 5.30. The van der Waals surface area contributed by atoms with Crippen molar-refractivity contribution in [2.75, 3.05) is 26.3 Å². The molecule has 1 amide bonds. The van der Waals surface area contributed by atoms with Crippen molar-refractivity contribution < 1.29 is 9.53 Å². The van der Waals surface area contributed by atoms with Gasteiger partial charge in [-0.05, 0) is 45.1 Å². The molecule has 0 spiro atoms. The molecule has 92 valence electrons. The second kappa shape index (κ2) is 5.15. The number of ether oxygens (including phenoxy) is 1. The van der Waals surface area contributed by atoms with E-state index in [0.29, 0.717) is 6.54 Å². The van der Waals surface area contributed by atoms with Gasteiger partial charge in [0.15, 0.2) is 0 Å². The number of rotatable bonds is 5. The average molecular weight is 226 g/mol. The van der Waals surface area contributed by atoms with Crippen LogP contribution >= 0.6 is 0 Å². The minimum atomic E-state index is -0.0589. The van der Waals surface area contributed by atoms with Crippen molar-refractivity contribution in [1.29, 1.82) is 0 Å². The fourth-order valence-electron chi connectivity index (χ4n) is 2.04. The monoisotopic (exact) mass is 226 g/mol. The first-order valence-corrected chi connectivity index (χ1v) is 6.27. The number of carbonyl (C=O) groups is 1. The summed E-state index contributed by atoms with van der Waals surface area (Å²) in [7, 11) is 0. The number of nitrogens with one attached hydrogen (secondary N) is 2. The van der Waals surface area contributed by atoms with Crippen LogP contribution in [0.3, 0.4) is 0 Å². The van der Waals surface area contributed by atoms with Crippen molar-refractivity contribution in [2.45, 2.75) is 38.1 Å². The molecule has 0 aromatic carbocycles. The minimum absolute atomic E-state index is 0.0589. The van der Waals surface area contributed by atoms with Crippen molar-refractivity contribution in [3.05, 3.63) is 0 Å². The van der Waals surface area contributed by atoms with Gasteiger partial charge < -0.3 is 15.4 Å². The summed E-state index contributed by atoms with van der Waals surface area (Å²) < 4.78 is 5.30. The topological polar surface area (TPSA) is 50.4 Å². The van der Waals surface area contributed by atoms with E-state index in [0.717, 1.165) is 38.5 Å². The summed E-state index contributed by atoms with van der Waals surface area (Å²) in [6, 6.07) is 0. The van der Waals surface area contributed by atoms with Gasteiger partial charge in [0.25, 0.3) is 0 Å². The van der Waals surface area contributed by atoms with Crippen molar-refractivity contribution in [1.82, 2.24) is 10.6 Å². The molecule has 2 N–H and O–H groups in total. The zero-order valence-corrected chi connectivity index (χ0v) is 10.1. The minimum Gasteiger partial charge on any atom is -0.381 e. The predicted molar refractivity (Wildman–Crippen MR) is 62.2 cm³/mol. The summed E-state index contributed by atoms with van der Waals surface area (Å²) in [4.78, 5) is 11.7. The first kappa shape index (κ1) is 11.9. The standard InChI is InChI=1S/C12H22N2O2/c1-12(4-6-16-7-5-12)14-11(15)9-13-8-10-2-3-10/h10,13H,2-9H2,1H3,(H,14,15). The number of hydrogen-bond donors (Lipinski definition) is 2. The third-order valence-corrected chi connectivity index (χ3v) is 3.45. The molecule has 0 bridgehead atoms. The molecule has 2 aliphatic rings. The lowest BCUT2D eigenvalue weighted by Gasteiger charge is -2.34. The van der Waals surface area contributed by atoms with Crippen LogP contribution in [0.4, 0.5) is 0 Å². The van der Waals surface area contributed by atoms with Crippen LogP contribution in [0.5, 0.6) is 0 Å². The maximum absolute atomic E-state index is 11.7. The molecule has 1 saturated carbocycles. The van der Waals surface area contributed by atoms with E-state index >= 15 is 0 Å². The Kier molecular flexibility index (Phi) is 3.82. The largest absolute Gasteiger partial charge is 0.381 e. The Bertz CT molecular complexity index is 245. The lowest BCUT2D eigenvalue weighted by molar-refractivity contribution is -0.123. The Morgan fingerprint density at radius 1 is 1.38 bits per heavy atom. The Morgan fingerprint density at radius 2 is 2.06 bits per heavy atom. The third kappa shape index (κ3) is 3.76. The molecule has 0 unspecified atom stereocenters. The Morgan fingerprint density at radius 3 is 2.69 bits per heavy atom. The molecule has 1 aliphatic carbocycles. The molecular weight excluding hydrogens is 204 g/mol. The first-order valence-electron chi connectivity index (χ1n) is 6.27. The highest BCUT2D eigenvalue weighted by Gasteiger charge is 2.28. The molecule has 0 atom stereocenters. The summed E-state index contributed by atoms with van der Waals surface area (Å²) in [6.07, 6.45) is 4.48. The Hall–Kier alpha value is -0.610. The normalized spacial score (nSPS) is 24.1. The van der Waals surface area contributed by atoms with Crippen LogP contribution in [-0.4, -0.2) is 37.7 Å². The summed E-state index contributed by atoms with van der Waals surface area (Å²) in [5.41, 5.74) is -0.0589. The molecule has 1 aliphatic heterocycles. The van der Waals surface area contributed by atoms with Gasteiger partial charge in [0.1, 0.15) is 0 Å². The van der Waals surface area contributed by atoms with Crippen LogP contribution in [0, 0.1) is 5.92 Å². The van der Waals surface area contributed by atoms with Gasteiger partial charge in [-0.3, -0.25) is 4.79 Å². The van der Waals surface area contributed by atoms with Crippen LogP contribution in [0.15, 0.2) is 0 Å². The molecule has 4 heteroatoms. The van der Waals surface area contributed by atoms with E-state index in [2.05, 4.69) is 17.6 Å². The Labute approximate surface area is 97.1 Å². The third-order valence-electron chi connectivity index (χ3n) is 3.45. The molecule has 1 heterocycles. The predicted octanol–water partition coefficient (Wildman–Crippen LogP) is 0.671. The number of carbonyl (C=O) groups excluding carboxylic acids is 1. The van der Waals surface area contributed by atoms with Gasteiger partial charge in [-0.1, -0.05) is 0 Å². The maximum atomic E-state index is 11.7. The SMILES string of the molecule is CC1(NC(=O)CNCC2CC2)CCOCC1. The lowest BCUT2D eigenvalue weighted by Crippen LogP contribution is -2.51. The van der Waals surface area contributed by atoms with E-state index in [9.17, 15) is 4.79 Å². The smallest absolute Gasteiger partial charge is 0.234 e. The molecule has 16 heavy (non-hydrogen) atoms. The van der Waals surface area contributed by atoms with Gasteiger partial charge in [0.05, 0.1) is 6.54 Å². The van der Waals surface area contributed by atoms with E-state index in [1.807, 2.05) is 0 Å². The first-order chi connectivity index (χ1) is 7.68. The zero-order valence-electron chi connectivity index (χ0n) is 10.1. The van der Waals surface area contributed by atoms with Crippen molar-refractivity contribution in [2.24, 2.45) is 5.92 Å². The van der Waals surface area contributed by atoms with Crippen molar-refractivity contribution in [3.63, 3.8) is 0 Å². The van der Waals surface area contributed by atoms with Crippen LogP contribution in [0.1, 0.15) is 32.6 Å². The van der Waals surface area contributed by atoms with Gasteiger partial charge in [-0.15, -0.1) is 0 Å². The van der Waals surface area contributed by atoms with E-state index in [1.54, 1.807) is 0 Å². The maximum Gasteiger partial charge on any atom is 0.234 e. The molecule has 0 aromatic rings. The molecule has 0 aromatic heterocycles. The second-order valence-electron chi connectivity index (χ2n) is 5.30. The van der Waals surface area contributed by atoms with Crippen molar-refractivity contribution >= 4 is 5.91 Å². The van der Waals surface area contributed by atoms with Gasteiger partial charge in [0.2, 0.25) is 5.91 Å².